The number of carbonyl (C=O) groups is 1. The lowest BCUT2D eigenvalue weighted by Crippen LogP contribution is -2.39. The van der Waals surface area contributed by atoms with Crippen LogP contribution in [0.2, 0.25) is 0 Å². The van der Waals surface area contributed by atoms with Crippen LogP contribution in [0.15, 0.2) is 69.6 Å². The maximum absolute atomic E-state index is 13.7. The summed E-state index contributed by atoms with van der Waals surface area (Å²) in [6, 6.07) is 15.7. The van der Waals surface area contributed by atoms with Gasteiger partial charge in [-0.05, 0) is 61.6 Å². The fourth-order valence-corrected chi connectivity index (χ4v) is 5.64. The summed E-state index contributed by atoms with van der Waals surface area (Å²) in [5.74, 6) is -0.0954. The zero-order chi connectivity index (χ0) is 26.0. The van der Waals surface area contributed by atoms with Crippen molar-refractivity contribution in [3.8, 4) is 0 Å². The first-order valence-corrected chi connectivity index (χ1v) is 13.2. The Hall–Kier alpha value is -3.45. The molecule has 36 heavy (non-hydrogen) atoms. The molecular formula is C29H33N3O3S. The van der Waals surface area contributed by atoms with Gasteiger partial charge in [-0.1, -0.05) is 61.6 Å². The SMILES string of the molecule is CCN(CC)c1ccc(/C=c2/sc3n(c2=O)C(c2ccc(C(C)C)cc2)C(C(=O)OC)=C(C)N=3)cc1. The largest absolute Gasteiger partial charge is 0.466 e. The molecule has 1 aliphatic rings. The van der Waals surface area contributed by atoms with E-state index in [1.807, 2.05) is 30.3 Å². The van der Waals surface area contributed by atoms with Crippen LogP contribution in [0.3, 0.4) is 0 Å². The molecule has 2 aromatic carbocycles. The molecule has 0 spiro atoms. The van der Waals surface area contributed by atoms with E-state index >= 15 is 0 Å². The van der Waals surface area contributed by atoms with Crippen LogP contribution in [0, 0.1) is 0 Å². The van der Waals surface area contributed by atoms with Gasteiger partial charge in [0, 0.05) is 18.8 Å². The van der Waals surface area contributed by atoms with Crippen molar-refractivity contribution >= 4 is 29.1 Å². The van der Waals surface area contributed by atoms with Crippen molar-refractivity contribution in [1.82, 2.24) is 4.57 Å². The average Bonchev–Trinajstić information content (AvgIpc) is 3.18. The Morgan fingerprint density at radius 2 is 1.75 bits per heavy atom. The first kappa shape index (κ1) is 25.6. The number of hydrogen-bond acceptors (Lipinski definition) is 6. The summed E-state index contributed by atoms with van der Waals surface area (Å²) in [5.41, 5.74) is 4.93. The molecule has 3 aromatic rings. The summed E-state index contributed by atoms with van der Waals surface area (Å²) >= 11 is 1.34. The molecule has 1 atom stereocenters. The lowest BCUT2D eigenvalue weighted by molar-refractivity contribution is -0.136. The molecule has 0 saturated carbocycles. The van der Waals surface area contributed by atoms with E-state index < -0.39 is 12.0 Å². The van der Waals surface area contributed by atoms with Gasteiger partial charge in [-0.25, -0.2) is 9.79 Å². The maximum Gasteiger partial charge on any atom is 0.338 e. The molecule has 0 aliphatic carbocycles. The molecule has 188 valence electrons. The fraction of sp³-hybridized carbons (Fsp3) is 0.345. The quantitative estimate of drug-likeness (QED) is 0.449. The molecular weight excluding hydrogens is 470 g/mol. The highest BCUT2D eigenvalue weighted by atomic mass is 32.1. The third-order valence-corrected chi connectivity index (χ3v) is 7.65. The average molecular weight is 504 g/mol. The highest BCUT2D eigenvalue weighted by Gasteiger charge is 2.33. The van der Waals surface area contributed by atoms with Crippen molar-refractivity contribution in [2.45, 2.75) is 46.6 Å². The van der Waals surface area contributed by atoms with Gasteiger partial charge in [-0.2, -0.15) is 0 Å². The molecule has 0 fully saturated rings. The number of anilines is 1. The summed E-state index contributed by atoms with van der Waals surface area (Å²) in [5, 5.41) is 0. The number of thiazole rings is 1. The molecule has 0 amide bonds. The summed E-state index contributed by atoms with van der Waals surface area (Å²) in [7, 11) is 1.36. The number of rotatable bonds is 7. The number of ether oxygens (including phenoxy) is 1. The van der Waals surface area contributed by atoms with Crippen LogP contribution in [-0.2, 0) is 9.53 Å². The van der Waals surface area contributed by atoms with E-state index in [0.29, 0.717) is 26.5 Å². The second kappa shape index (κ2) is 10.7. The summed E-state index contributed by atoms with van der Waals surface area (Å²) in [4.78, 5) is 34.0. The van der Waals surface area contributed by atoms with Crippen LogP contribution >= 0.6 is 11.3 Å². The van der Waals surface area contributed by atoms with E-state index in [4.69, 9.17) is 4.74 Å². The monoisotopic (exact) mass is 503 g/mol. The van der Waals surface area contributed by atoms with E-state index in [0.717, 1.165) is 29.9 Å². The van der Waals surface area contributed by atoms with Crippen LogP contribution in [0.1, 0.15) is 63.3 Å². The van der Waals surface area contributed by atoms with Crippen molar-refractivity contribution in [3.63, 3.8) is 0 Å². The Balaban J connectivity index is 1.84. The summed E-state index contributed by atoms with van der Waals surface area (Å²) < 4.78 is 7.30. The lowest BCUT2D eigenvalue weighted by atomic mass is 9.93. The maximum atomic E-state index is 13.7. The molecule has 2 heterocycles. The van der Waals surface area contributed by atoms with Gasteiger partial charge in [-0.3, -0.25) is 9.36 Å². The number of allylic oxidation sites excluding steroid dienone is 1. The second-order valence-corrected chi connectivity index (χ2v) is 10.2. The third-order valence-electron chi connectivity index (χ3n) is 6.67. The van der Waals surface area contributed by atoms with Gasteiger partial charge >= 0.3 is 5.97 Å². The van der Waals surface area contributed by atoms with E-state index in [1.165, 1.54) is 24.0 Å². The standard InChI is InChI=1S/C29H33N3O3S/c1-7-31(8-2)23-15-9-20(10-16-23)17-24-27(33)32-26(22-13-11-21(12-14-22)18(3)4)25(28(34)35-6)19(5)30-29(32)36-24/h9-18,26H,7-8H2,1-6H3/b24-17+. The molecule has 6 nitrogen and oxygen atoms in total. The number of methoxy groups -OCH3 is 1. The number of nitrogens with zero attached hydrogens (tertiary/aromatic N) is 3. The van der Waals surface area contributed by atoms with Crippen molar-refractivity contribution in [1.29, 1.82) is 0 Å². The molecule has 0 N–H and O–H groups in total. The minimum absolute atomic E-state index is 0.168. The highest BCUT2D eigenvalue weighted by molar-refractivity contribution is 7.07. The van der Waals surface area contributed by atoms with Gasteiger partial charge in [0.2, 0.25) is 0 Å². The van der Waals surface area contributed by atoms with Gasteiger partial charge in [0.15, 0.2) is 4.80 Å². The zero-order valence-electron chi connectivity index (χ0n) is 21.7. The second-order valence-electron chi connectivity index (χ2n) is 9.16. The Morgan fingerprint density at radius 3 is 2.31 bits per heavy atom. The van der Waals surface area contributed by atoms with Crippen LogP contribution < -0.4 is 19.8 Å². The minimum Gasteiger partial charge on any atom is -0.466 e. The molecule has 0 radical (unpaired) electrons. The minimum atomic E-state index is -0.595. The van der Waals surface area contributed by atoms with E-state index in [2.05, 4.69) is 61.9 Å². The molecule has 0 bridgehead atoms. The number of esters is 1. The van der Waals surface area contributed by atoms with Crippen LogP contribution in [0.5, 0.6) is 0 Å². The number of benzene rings is 2. The smallest absolute Gasteiger partial charge is 0.338 e. The molecule has 1 unspecified atom stereocenters. The van der Waals surface area contributed by atoms with E-state index in [-0.39, 0.29) is 5.56 Å². The molecule has 1 aliphatic heterocycles. The lowest BCUT2D eigenvalue weighted by Gasteiger charge is -2.24. The Kier molecular flexibility index (Phi) is 7.59. The first-order valence-electron chi connectivity index (χ1n) is 12.3. The van der Waals surface area contributed by atoms with Gasteiger partial charge in [0.1, 0.15) is 0 Å². The Labute approximate surface area is 215 Å². The van der Waals surface area contributed by atoms with Gasteiger partial charge in [0.05, 0.1) is 29.0 Å². The van der Waals surface area contributed by atoms with Crippen molar-refractivity contribution in [3.05, 3.63) is 96.2 Å². The van der Waals surface area contributed by atoms with Crippen molar-refractivity contribution < 1.29 is 9.53 Å². The van der Waals surface area contributed by atoms with E-state index in [9.17, 15) is 9.59 Å². The molecule has 1 aromatic heterocycles. The zero-order valence-corrected chi connectivity index (χ0v) is 22.6. The number of aromatic nitrogens is 1. The Bertz CT molecular complexity index is 1460. The molecule has 7 heteroatoms. The number of hydrogen-bond donors (Lipinski definition) is 0. The predicted octanol–water partition coefficient (Wildman–Crippen LogP) is 4.38. The Morgan fingerprint density at radius 1 is 1.11 bits per heavy atom. The van der Waals surface area contributed by atoms with Gasteiger partial charge in [-0.15, -0.1) is 0 Å². The highest BCUT2D eigenvalue weighted by Crippen LogP contribution is 2.31. The number of carbonyl (C=O) groups excluding carboxylic acids is 1. The number of fused-ring (bicyclic) bond motifs is 1. The topological polar surface area (TPSA) is 63.9 Å². The van der Waals surface area contributed by atoms with Crippen molar-refractivity contribution in [2.24, 2.45) is 4.99 Å². The molecule has 0 saturated heterocycles. The third kappa shape index (κ3) is 4.80. The molecule has 4 rings (SSSR count). The first-order chi connectivity index (χ1) is 17.3. The van der Waals surface area contributed by atoms with Crippen LogP contribution in [-0.4, -0.2) is 30.7 Å². The van der Waals surface area contributed by atoms with Gasteiger partial charge in [0.25, 0.3) is 5.56 Å². The summed E-state index contributed by atoms with van der Waals surface area (Å²) in [6.07, 6.45) is 1.89. The van der Waals surface area contributed by atoms with Crippen LogP contribution in [0.4, 0.5) is 5.69 Å². The van der Waals surface area contributed by atoms with Crippen molar-refractivity contribution in [2.75, 3.05) is 25.1 Å². The van der Waals surface area contributed by atoms with Crippen LogP contribution in [0.25, 0.3) is 6.08 Å². The predicted molar refractivity (Wildman–Crippen MR) is 146 cm³/mol. The summed E-state index contributed by atoms with van der Waals surface area (Å²) in [6.45, 7) is 12.2. The van der Waals surface area contributed by atoms with Gasteiger partial charge < -0.3 is 9.64 Å². The normalized spacial score (nSPS) is 15.6. The van der Waals surface area contributed by atoms with E-state index in [1.54, 1.807) is 11.5 Å². The fourth-order valence-electron chi connectivity index (χ4n) is 4.59.